The van der Waals surface area contributed by atoms with Crippen LogP contribution in [0.15, 0.2) is 18.2 Å². The van der Waals surface area contributed by atoms with Crippen LogP contribution in [0.2, 0.25) is 5.02 Å². The van der Waals surface area contributed by atoms with E-state index < -0.39 is 11.7 Å². The van der Waals surface area contributed by atoms with Gasteiger partial charge in [0.2, 0.25) is 4.96 Å². The predicted molar refractivity (Wildman–Crippen MR) is 80.8 cm³/mol. The fraction of sp³-hybridized carbons (Fsp3) is 0.231. The highest BCUT2D eigenvalue weighted by atomic mass is 35.5. The Morgan fingerprint density at radius 2 is 2.27 bits per heavy atom. The molecule has 0 aliphatic heterocycles. The average molecular weight is 340 g/mol. The summed E-state index contributed by atoms with van der Waals surface area (Å²) in [6.07, 6.45) is 0.519. The molecule has 0 bridgehead atoms. The Balaban J connectivity index is 1.64. The summed E-state index contributed by atoms with van der Waals surface area (Å²) in [5.41, 5.74) is -0.141. The maximum absolute atomic E-state index is 13.6. The molecule has 0 fully saturated rings. The molecule has 114 valence electrons. The zero-order valence-electron chi connectivity index (χ0n) is 11.5. The maximum Gasteiger partial charge on any atom is 0.255 e. The van der Waals surface area contributed by atoms with E-state index in [4.69, 9.17) is 11.6 Å². The van der Waals surface area contributed by atoms with Gasteiger partial charge in [-0.15, -0.1) is 10.2 Å². The molecule has 9 heteroatoms. The molecule has 0 radical (unpaired) electrons. The van der Waals surface area contributed by atoms with Crippen LogP contribution in [0.25, 0.3) is 4.96 Å². The van der Waals surface area contributed by atoms with Crippen molar-refractivity contribution in [3.8, 4) is 0 Å². The van der Waals surface area contributed by atoms with Crippen molar-refractivity contribution in [1.29, 1.82) is 0 Å². The summed E-state index contributed by atoms with van der Waals surface area (Å²) in [7, 11) is 0. The summed E-state index contributed by atoms with van der Waals surface area (Å²) in [4.78, 5) is 12.7. The molecule has 0 aliphatic carbocycles. The largest absolute Gasteiger partial charge is 0.351 e. The van der Waals surface area contributed by atoms with Gasteiger partial charge in [-0.2, -0.15) is 9.61 Å². The van der Waals surface area contributed by atoms with Gasteiger partial charge in [-0.1, -0.05) is 29.0 Å². The number of hydrogen-bond acceptors (Lipinski definition) is 5. The van der Waals surface area contributed by atoms with Crippen molar-refractivity contribution in [2.45, 2.75) is 13.3 Å². The number of rotatable bonds is 4. The first-order valence-electron chi connectivity index (χ1n) is 6.46. The van der Waals surface area contributed by atoms with Crippen molar-refractivity contribution >= 4 is 33.8 Å². The van der Waals surface area contributed by atoms with Crippen LogP contribution >= 0.6 is 22.9 Å². The first kappa shape index (κ1) is 14.9. The van der Waals surface area contributed by atoms with Gasteiger partial charge in [-0.05, 0) is 19.1 Å². The molecule has 0 spiro atoms. The third kappa shape index (κ3) is 2.79. The lowest BCUT2D eigenvalue weighted by Crippen LogP contribution is -2.26. The monoisotopic (exact) mass is 339 g/mol. The van der Waals surface area contributed by atoms with Crippen LogP contribution in [-0.4, -0.2) is 32.3 Å². The molecule has 0 saturated heterocycles. The summed E-state index contributed by atoms with van der Waals surface area (Å²) in [6.45, 7) is 2.14. The molecule has 1 aromatic carbocycles. The fourth-order valence-corrected chi connectivity index (χ4v) is 3.07. The van der Waals surface area contributed by atoms with Gasteiger partial charge in [0.25, 0.3) is 5.91 Å². The van der Waals surface area contributed by atoms with Gasteiger partial charge >= 0.3 is 0 Å². The third-order valence-corrected chi connectivity index (χ3v) is 4.28. The summed E-state index contributed by atoms with van der Waals surface area (Å²) in [5.74, 6) is -0.471. The Kier molecular flexibility index (Phi) is 4.04. The Hall–Kier alpha value is -2.06. The number of aromatic nitrogens is 4. The van der Waals surface area contributed by atoms with E-state index in [1.165, 1.54) is 29.5 Å². The van der Waals surface area contributed by atoms with Crippen LogP contribution < -0.4 is 5.32 Å². The number of aryl methyl sites for hydroxylation is 1. The Morgan fingerprint density at radius 3 is 3.00 bits per heavy atom. The molecule has 3 aromatic rings. The molecule has 0 atom stereocenters. The number of fused-ring (bicyclic) bond motifs is 1. The maximum atomic E-state index is 13.6. The van der Waals surface area contributed by atoms with E-state index >= 15 is 0 Å². The molecule has 3 rings (SSSR count). The van der Waals surface area contributed by atoms with E-state index in [-0.39, 0.29) is 10.6 Å². The molecule has 6 nitrogen and oxygen atoms in total. The number of amides is 1. The molecule has 2 aromatic heterocycles. The third-order valence-electron chi connectivity index (χ3n) is 3.00. The Labute approximate surface area is 133 Å². The molecule has 22 heavy (non-hydrogen) atoms. The number of carbonyl (C=O) groups excluding carboxylic acids is 1. The topological polar surface area (TPSA) is 72.2 Å². The standard InChI is InChI=1S/C13H11ClFN5OS/c1-7-17-18-13-20(7)19-10(22-13)5-6-16-12(21)11-8(14)3-2-4-9(11)15/h2-4H,5-6H2,1H3,(H,16,21). The van der Waals surface area contributed by atoms with Gasteiger partial charge in [0.15, 0.2) is 5.82 Å². The number of nitrogens with zero attached hydrogens (tertiary/aromatic N) is 4. The van der Waals surface area contributed by atoms with E-state index in [1.54, 1.807) is 4.52 Å². The second kappa shape index (κ2) is 5.98. The zero-order valence-corrected chi connectivity index (χ0v) is 13.1. The Bertz CT molecular complexity index is 826. The van der Waals surface area contributed by atoms with Crippen molar-refractivity contribution in [3.05, 3.63) is 45.4 Å². The zero-order chi connectivity index (χ0) is 15.7. The van der Waals surface area contributed by atoms with Gasteiger partial charge in [0, 0.05) is 13.0 Å². The minimum atomic E-state index is -0.639. The van der Waals surface area contributed by atoms with Crippen molar-refractivity contribution in [1.82, 2.24) is 25.1 Å². The van der Waals surface area contributed by atoms with E-state index in [9.17, 15) is 9.18 Å². The average Bonchev–Trinajstić information content (AvgIpc) is 3.01. The highest BCUT2D eigenvalue weighted by Gasteiger charge is 2.15. The number of halogens is 2. The lowest BCUT2D eigenvalue weighted by Gasteiger charge is -2.06. The van der Waals surface area contributed by atoms with Crippen LogP contribution in [0.1, 0.15) is 21.2 Å². The van der Waals surface area contributed by atoms with Crippen molar-refractivity contribution in [2.24, 2.45) is 0 Å². The molecule has 1 amide bonds. The molecule has 0 unspecified atom stereocenters. The number of hydrogen-bond donors (Lipinski definition) is 1. The van der Waals surface area contributed by atoms with Crippen molar-refractivity contribution in [3.63, 3.8) is 0 Å². The quantitative estimate of drug-likeness (QED) is 0.791. The molecule has 0 saturated carbocycles. The van der Waals surface area contributed by atoms with Gasteiger partial charge < -0.3 is 5.32 Å². The van der Waals surface area contributed by atoms with E-state index in [0.29, 0.717) is 23.8 Å². The second-order valence-corrected chi connectivity index (χ2v) is 5.99. The van der Waals surface area contributed by atoms with Crippen LogP contribution in [0.4, 0.5) is 4.39 Å². The first-order chi connectivity index (χ1) is 10.6. The van der Waals surface area contributed by atoms with Crippen LogP contribution in [0, 0.1) is 12.7 Å². The summed E-state index contributed by atoms with van der Waals surface area (Å²) in [6, 6.07) is 4.13. The SMILES string of the molecule is Cc1nnc2sc(CCNC(=O)c3c(F)cccc3Cl)nn12. The highest BCUT2D eigenvalue weighted by Crippen LogP contribution is 2.19. The minimum absolute atomic E-state index is 0.0897. The highest BCUT2D eigenvalue weighted by molar-refractivity contribution is 7.16. The van der Waals surface area contributed by atoms with E-state index in [2.05, 4.69) is 20.6 Å². The predicted octanol–water partition coefficient (Wildman–Crippen LogP) is 2.26. The Morgan fingerprint density at radius 1 is 1.45 bits per heavy atom. The van der Waals surface area contributed by atoms with Crippen molar-refractivity contribution in [2.75, 3.05) is 6.54 Å². The number of nitrogens with one attached hydrogen (secondary N) is 1. The second-order valence-electron chi connectivity index (χ2n) is 4.54. The number of benzene rings is 1. The number of carbonyl (C=O) groups is 1. The normalized spacial score (nSPS) is 11.0. The minimum Gasteiger partial charge on any atom is -0.351 e. The molecule has 1 N–H and O–H groups in total. The summed E-state index contributed by atoms with van der Waals surface area (Å²) < 4.78 is 15.3. The van der Waals surface area contributed by atoms with Gasteiger partial charge in [-0.25, -0.2) is 4.39 Å². The van der Waals surface area contributed by atoms with Crippen molar-refractivity contribution < 1.29 is 9.18 Å². The van der Waals surface area contributed by atoms with Crippen LogP contribution in [-0.2, 0) is 6.42 Å². The molecule has 2 heterocycles. The van der Waals surface area contributed by atoms with Crippen LogP contribution in [0.5, 0.6) is 0 Å². The molecule has 0 aliphatic rings. The molecular formula is C13H11ClFN5OS. The molecular weight excluding hydrogens is 329 g/mol. The summed E-state index contributed by atoms with van der Waals surface area (Å²) in [5, 5.41) is 15.7. The van der Waals surface area contributed by atoms with Gasteiger partial charge in [0.1, 0.15) is 10.8 Å². The fourth-order valence-electron chi connectivity index (χ4n) is 1.94. The van der Waals surface area contributed by atoms with Crippen LogP contribution in [0.3, 0.4) is 0 Å². The van der Waals surface area contributed by atoms with E-state index in [1.807, 2.05) is 6.92 Å². The first-order valence-corrected chi connectivity index (χ1v) is 7.65. The van der Waals surface area contributed by atoms with Gasteiger partial charge in [0.05, 0.1) is 10.6 Å². The van der Waals surface area contributed by atoms with Gasteiger partial charge in [-0.3, -0.25) is 4.79 Å². The summed E-state index contributed by atoms with van der Waals surface area (Å²) >= 11 is 7.25. The van der Waals surface area contributed by atoms with E-state index in [0.717, 1.165) is 5.01 Å². The lowest BCUT2D eigenvalue weighted by molar-refractivity contribution is 0.0950. The smallest absolute Gasteiger partial charge is 0.255 e. The lowest BCUT2D eigenvalue weighted by atomic mass is 10.2.